The SMILES string of the molecule is Cc1csc(N2CCN(Cc3nc(-c4ccccn4)no3)CC2)n1. The summed E-state index contributed by atoms with van der Waals surface area (Å²) < 4.78 is 5.37. The van der Waals surface area contributed by atoms with Crippen molar-refractivity contribution < 1.29 is 4.52 Å². The molecule has 0 bridgehead atoms. The van der Waals surface area contributed by atoms with Gasteiger partial charge in [0.2, 0.25) is 11.7 Å². The molecule has 0 aromatic carbocycles. The highest BCUT2D eigenvalue weighted by atomic mass is 32.1. The molecular formula is C16H18N6OS. The molecule has 1 aliphatic heterocycles. The van der Waals surface area contributed by atoms with Crippen LogP contribution in [0.3, 0.4) is 0 Å². The number of hydrogen-bond acceptors (Lipinski definition) is 8. The Kier molecular flexibility index (Phi) is 4.22. The van der Waals surface area contributed by atoms with Gasteiger partial charge < -0.3 is 9.42 Å². The van der Waals surface area contributed by atoms with E-state index in [4.69, 9.17) is 4.52 Å². The van der Waals surface area contributed by atoms with Gasteiger partial charge in [0.25, 0.3) is 0 Å². The van der Waals surface area contributed by atoms with Crippen molar-refractivity contribution in [2.75, 3.05) is 31.1 Å². The summed E-state index contributed by atoms with van der Waals surface area (Å²) in [6.45, 7) is 6.55. The normalized spacial score (nSPS) is 15.8. The second-order valence-electron chi connectivity index (χ2n) is 5.76. The largest absolute Gasteiger partial charge is 0.346 e. The number of rotatable bonds is 4. The molecule has 0 amide bonds. The predicted molar refractivity (Wildman–Crippen MR) is 91.9 cm³/mol. The number of thiazole rings is 1. The molecule has 0 aliphatic carbocycles. The molecule has 0 spiro atoms. The fourth-order valence-electron chi connectivity index (χ4n) is 2.69. The van der Waals surface area contributed by atoms with E-state index in [0.29, 0.717) is 18.3 Å². The number of aromatic nitrogens is 4. The van der Waals surface area contributed by atoms with Crippen LogP contribution in [-0.2, 0) is 6.54 Å². The summed E-state index contributed by atoms with van der Waals surface area (Å²) in [6, 6.07) is 5.66. The lowest BCUT2D eigenvalue weighted by Crippen LogP contribution is -2.46. The van der Waals surface area contributed by atoms with Crippen LogP contribution in [0.1, 0.15) is 11.6 Å². The number of hydrogen-bond donors (Lipinski definition) is 0. The quantitative estimate of drug-likeness (QED) is 0.720. The minimum Gasteiger partial charge on any atom is -0.346 e. The van der Waals surface area contributed by atoms with Crippen LogP contribution in [0.25, 0.3) is 11.5 Å². The molecule has 0 unspecified atom stereocenters. The molecular weight excluding hydrogens is 324 g/mol. The average Bonchev–Trinajstić information content (AvgIpc) is 3.26. The Bertz CT molecular complexity index is 794. The van der Waals surface area contributed by atoms with Crippen LogP contribution in [-0.4, -0.2) is 51.2 Å². The zero-order valence-corrected chi connectivity index (χ0v) is 14.2. The van der Waals surface area contributed by atoms with Crippen LogP contribution < -0.4 is 4.90 Å². The van der Waals surface area contributed by atoms with Gasteiger partial charge in [-0.1, -0.05) is 11.2 Å². The molecule has 3 aromatic rings. The van der Waals surface area contributed by atoms with Gasteiger partial charge in [0, 0.05) is 37.8 Å². The zero-order valence-electron chi connectivity index (χ0n) is 13.4. The second-order valence-corrected chi connectivity index (χ2v) is 6.60. The van der Waals surface area contributed by atoms with Crippen molar-refractivity contribution in [2.45, 2.75) is 13.5 Å². The van der Waals surface area contributed by atoms with Crippen LogP contribution >= 0.6 is 11.3 Å². The van der Waals surface area contributed by atoms with Gasteiger partial charge in [-0.25, -0.2) is 4.98 Å². The molecule has 0 saturated carbocycles. The van der Waals surface area contributed by atoms with E-state index in [9.17, 15) is 0 Å². The Balaban J connectivity index is 1.35. The lowest BCUT2D eigenvalue weighted by molar-refractivity contribution is 0.215. The smallest absolute Gasteiger partial charge is 0.241 e. The van der Waals surface area contributed by atoms with Crippen LogP contribution in [0.5, 0.6) is 0 Å². The van der Waals surface area contributed by atoms with E-state index >= 15 is 0 Å². The highest BCUT2D eigenvalue weighted by Crippen LogP contribution is 2.22. The summed E-state index contributed by atoms with van der Waals surface area (Å²) in [5, 5.41) is 7.23. The topological polar surface area (TPSA) is 71.2 Å². The highest BCUT2D eigenvalue weighted by molar-refractivity contribution is 7.13. The fourth-order valence-corrected chi connectivity index (χ4v) is 3.55. The average molecular weight is 342 g/mol. The molecule has 4 heterocycles. The first-order valence-corrected chi connectivity index (χ1v) is 8.79. The Morgan fingerprint density at radius 1 is 1.17 bits per heavy atom. The van der Waals surface area contributed by atoms with Crippen LogP contribution in [0, 0.1) is 6.92 Å². The van der Waals surface area contributed by atoms with Gasteiger partial charge in [-0.05, 0) is 19.1 Å². The standard InChI is InChI=1S/C16H18N6OS/c1-12-11-24-16(18-12)22-8-6-21(7-9-22)10-14-19-15(20-23-14)13-4-2-3-5-17-13/h2-5,11H,6-10H2,1H3. The van der Waals surface area contributed by atoms with E-state index in [1.807, 2.05) is 25.1 Å². The third kappa shape index (κ3) is 3.29. The number of pyridine rings is 1. The Morgan fingerprint density at radius 2 is 2.04 bits per heavy atom. The molecule has 4 rings (SSSR count). The summed E-state index contributed by atoms with van der Waals surface area (Å²) >= 11 is 1.71. The Hall–Kier alpha value is -2.32. The molecule has 8 heteroatoms. The first-order valence-electron chi connectivity index (χ1n) is 7.91. The fraction of sp³-hybridized carbons (Fsp3) is 0.375. The van der Waals surface area contributed by atoms with Gasteiger partial charge in [-0.2, -0.15) is 4.98 Å². The number of piperazine rings is 1. The molecule has 7 nitrogen and oxygen atoms in total. The van der Waals surface area contributed by atoms with E-state index in [2.05, 4.69) is 35.3 Å². The summed E-state index contributed by atoms with van der Waals surface area (Å²) in [6.07, 6.45) is 1.73. The second kappa shape index (κ2) is 6.66. The van der Waals surface area contributed by atoms with Crippen molar-refractivity contribution in [1.82, 2.24) is 25.0 Å². The van der Waals surface area contributed by atoms with E-state index in [0.717, 1.165) is 42.7 Å². The van der Waals surface area contributed by atoms with Crippen molar-refractivity contribution in [3.8, 4) is 11.5 Å². The number of anilines is 1. The van der Waals surface area contributed by atoms with Gasteiger partial charge in [0.05, 0.1) is 12.2 Å². The molecule has 1 fully saturated rings. The molecule has 1 saturated heterocycles. The van der Waals surface area contributed by atoms with Gasteiger partial charge in [-0.15, -0.1) is 11.3 Å². The summed E-state index contributed by atoms with van der Waals surface area (Å²) in [5.74, 6) is 1.18. The van der Waals surface area contributed by atoms with Crippen molar-refractivity contribution in [1.29, 1.82) is 0 Å². The van der Waals surface area contributed by atoms with E-state index in [-0.39, 0.29) is 0 Å². The maximum atomic E-state index is 5.37. The Labute approximate surface area is 144 Å². The lowest BCUT2D eigenvalue weighted by Gasteiger charge is -2.33. The lowest BCUT2D eigenvalue weighted by atomic mass is 10.3. The molecule has 1 aliphatic rings. The number of aryl methyl sites for hydroxylation is 1. The zero-order chi connectivity index (χ0) is 16.4. The summed E-state index contributed by atoms with van der Waals surface area (Å²) in [5.41, 5.74) is 1.82. The van der Waals surface area contributed by atoms with Crippen molar-refractivity contribution in [3.05, 3.63) is 41.4 Å². The minimum atomic E-state index is 0.544. The Morgan fingerprint density at radius 3 is 2.75 bits per heavy atom. The third-order valence-corrected chi connectivity index (χ3v) is 4.99. The molecule has 24 heavy (non-hydrogen) atoms. The molecule has 0 radical (unpaired) electrons. The highest BCUT2D eigenvalue weighted by Gasteiger charge is 2.21. The van der Waals surface area contributed by atoms with E-state index < -0.39 is 0 Å². The van der Waals surface area contributed by atoms with Gasteiger partial charge in [0.15, 0.2) is 5.13 Å². The van der Waals surface area contributed by atoms with Crippen molar-refractivity contribution in [2.24, 2.45) is 0 Å². The van der Waals surface area contributed by atoms with Gasteiger partial charge >= 0.3 is 0 Å². The summed E-state index contributed by atoms with van der Waals surface area (Å²) in [7, 11) is 0. The van der Waals surface area contributed by atoms with Gasteiger partial charge in [-0.3, -0.25) is 9.88 Å². The van der Waals surface area contributed by atoms with Crippen LogP contribution in [0.2, 0.25) is 0 Å². The van der Waals surface area contributed by atoms with E-state index in [1.54, 1.807) is 17.5 Å². The van der Waals surface area contributed by atoms with Gasteiger partial charge in [0.1, 0.15) is 5.69 Å². The van der Waals surface area contributed by atoms with Crippen molar-refractivity contribution in [3.63, 3.8) is 0 Å². The van der Waals surface area contributed by atoms with Crippen LogP contribution in [0.15, 0.2) is 34.3 Å². The first-order chi connectivity index (χ1) is 11.8. The maximum absolute atomic E-state index is 5.37. The number of nitrogens with zero attached hydrogens (tertiary/aromatic N) is 6. The summed E-state index contributed by atoms with van der Waals surface area (Å²) in [4.78, 5) is 17.9. The first kappa shape index (κ1) is 15.2. The monoisotopic (exact) mass is 342 g/mol. The molecule has 0 atom stereocenters. The van der Waals surface area contributed by atoms with E-state index in [1.165, 1.54) is 0 Å². The predicted octanol–water partition coefficient (Wildman–Crippen LogP) is 2.22. The molecule has 0 N–H and O–H groups in total. The maximum Gasteiger partial charge on any atom is 0.241 e. The van der Waals surface area contributed by atoms with Crippen molar-refractivity contribution >= 4 is 16.5 Å². The third-order valence-electron chi connectivity index (χ3n) is 3.97. The minimum absolute atomic E-state index is 0.544. The molecule has 3 aromatic heterocycles. The molecule has 124 valence electrons. The van der Waals surface area contributed by atoms with Crippen LogP contribution in [0.4, 0.5) is 5.13 Å².